The summed E-state index contributed by atoms with van der Waals surface area (Å²) in [6.07, 6.45) is 7.78. The fourth-order valence-electron chi connectivity index (χ4n) is 4.21. The van der Waals surface area contributed by atoms with Gasteiger partial charge in [0.1, 0.15) is 0 Å². The Hall–Kier alpha value is -2.37. The van der Waals surface area contributed by atoms with Gasteiger partial charge in [0.05, 0.1) is 0 Å². The van der Waals surface area contributed by atoms with E-state index in [1.165, 1.54) is 39.0 Å². The third kappa shape index (κ3) is 5.57. The van der Waals surface area contributed by atoms with E-state index in [1.54, 1.807) is 24.3 Å². The van der Waals surface area contributed by atoms with Crippen LogP contribution in [0.15, 0.2) is 24.3 Å². The van der Waals surface area contributed by atoms with Gasteiger partial charge in [-0.05, 0) is 55.9 Å². The predicted molar refractivity (Wildman–Crippen MR) is 109 cm³/mol. The van der Waals surface area contributed by atoms with Crippen LogP contribution in [0.1, 0.15) is 62.2 Å². The number of hydrogen-bond acceptors (Lipinski definition) is 3. The molecule has 0 unspecified atom stereocenters. The smallest absolute Gasteiger partial charge is 0.253 e. The predicted octanol–water partition coefficient (Wildman–Crippen LogP) is 3.19. The zero-order chi connectivity index (χ0) is 19.9. The first-order valence-corrected chi connectivity index (χ1v) is 10.5. The van der Waals surface area contributed by atoms with Crippen LogP contribution in [-0.4, -0.2) is 42.3 Å². The first kappa shape index (κ1) is 20.4. The third-order valence-electron chi connectivity index (χ3n) is 5.89. The lowest BCUT2D eigenvalue weighted by Gasteiger charge is -2.32. The van der Waals surface area contributed by atoms with Crippen LogP contribution in [0, 0.1) is 11.8 Å². The molecule has 1 saturated carbocycles. The van der Waals surface area contributed by atoms with Crippen molar-refractivity contribution >= 4 is 23.4 Å². The standard InChI is InChI=1S/C22H31N3O3/c1-16(26)24-20-9-7-19(8-10-20)22(28)25-13-11-18(12-14-25)21(27)23-15-17-5-3-2-4-6-17/h7-10,17-18H,2-6,11-15H2,1H3,(H,23,27)(H,24,26). The van der Waals surface area contributed by atoms with Crippen LogP contribution >= 0.6 is 0 Å². The highest BCUT2D eigenvalue weighted by Crippen LogP contribution is 2.24. The van der Waals surface area contributed by atoms with Crippen molar-refractivity contribution in [2.75, 3.05) is 25.0 Å². The third-order valence-corrected chi connectivity index (χ3v) is 5.89. The van der Waals surface area contributed by atoms with Crippen molar-refractivity contribution in [1.82, 2.24) is 10.2 Å². The van der Waals surface area contributed by atoms with Gasteiger partial charge in [-0.2, -0.15) is 0 Å². The highest BCUT2D eigenvalue weighted by atomic mass is 16.2. The summed E-state index contributed by atoms with van der Waals surface area (Å²) in [5.41, 5.74) is 1.28. The second kappa shape index (κ2) is 9.71. The first-order chi connectivity index (χ1) is 13.5. The van der Waals surface area contributed by atoms with Crippen LogP contribution in [0.5, 0.6) is 0 Å². The summed E-state index contributed by atoms with van der Waals surface area (Å²) < 4.78 is 0. The van der Waals surface area contributed by atoms with Crippen molar-refractivity contribution in [3.8, 4) is 0 Å². The minimum Gasteiger partial charge on any atom is -0.356 e. The number of nitrogens with zero attached hydrogens (tertiary/aromatic N) is 1. The van der Waals surface area contributed by atoms with Gasteiger partial charge in [0.2, 0.25) is 11.8 Å². The SMILES string of the molecule is CC(=O)Nc1ccc(C(=O)N2CCC(C(=O)NCC3CCCCC3)CC2)cc1. The number of carbonyl (C=O) groups is 3. The zero-order valence-electron chi connectivity index (χ0n) is 16.7. The Bertz CT molecular complexity index is 687. The molecule has 1 saturated heterocycles. The Morgan fingerprint density at radius 2 is 1.61 bits per heavy atom. The number of likely N-dealkylation sites (tertiary alicyclic amines) is 1. The molecule has 3 rings (SSSR count). The molecule has 0 radical (unpaired) electrons. The van der Waals surface area contributed by atoms with Crippen LogP contribution in [0.4, 0.5) is 5.69 Å². The molecule has 1 aromatic carbocycles. The Morgan fingerprint density at radius 1 is 0.964 bits per heavy atom. The van der Waals surface area contributed by atoms with Gasteiger partial charge < -0.3 is 15.5 Å². The summed E-state index contributed by atoms with van der Waals surface area (Å²) in [5.74, 6) is 0.644. The molecular formula is C22H31N3O3. The molecule has 2 fully saturated rings. The van der Waals surface area contributed by atoms with Gasteiger partial charge in [-0.3, -0.25) is 14.4 Å². The molecule has 2 N–H and O–H groups in total. The van der Waals surface area contributed by atoms with Gasteiger partial charge in [-0.1, -0.05) is 19.3 Å². The summed E-state index contributed by atoms with van der Waals surface area (Å²) in [5, 5.41) is 5.84. The van der Waals surface area contributed by atoms with Crippen LogP contribution in [0.2, 0.25) is 0 Å². The molecule has 1 aliphatic heterocycles. The van der Waals surface area contributed by atoms with Crippen molar-refractivity contribution < 1.29 is 14.4 Å². The van der Waals surface area contributed by atoms with Crippen molar-refractivity contribution in [2.45, 2.75) is 51.9 Å². The Morgan fingerprint density at radius 3 is 2.21 bits per heavy atom. The van der Waals surface area contributed by atoms with E-state index in [-0.39, 0.29) is 23.6 Å². The van der Waals surface area contributed by atoms with Gasteiger partial charge in [-0.15, -0.1) is 0 Å². The summed E-state index contributed by atoms with van der Waals surface area (Å²) in [7, 11) is 0. The fraction of sp³-hybridized carbons (Fsp3) is 0.591. The van der Waals surface area contributed by atoms with E-state index >= 15 is 0 Å². The second-order valence-electron chi connectivity index (χ2n) is 8.07. The average Bonchev–Trinajstić information content (AvgIpc) is 2.72. The normalized spacial score (nSPS) is 18.5. The van der Waals surface area contributed by atoms with Gasteiger partial charge in [0.15, 0.2) is 0 Å². The molecule has 2 aliphatic rings. The molecule has 3 amide bonds. The number of anilines is 1. The maximum atomic E-state index is 12.7. The summed E-state index contributed by atoms with van der Waals surface area (Å²) >= 11 is 0. The second-order valence-corrected chi connectivity index (χ2v) is 8.07. The number of hydrogen-bond donors (Lipinski definition) is 2. The van der Waals surface area contributed by atoms with E-state index in [0.717, 1.165) is 6.54 Å². The first-order valence-electron chi connectivity index (χ1n) is 10.5. The molecule has 1 heterocycles. The number of rotatable bonds is 5. The molecule has 1 aliphatic carbocycles. The van der Waals surface area contributed by atoms with Gasteiger partial charge in [0, 0.05) is 43.7 Å². The lowest BCUT2D eigenvalue weighted by molar-refractivity contribution is -0.126. The number of carbonyl (C=O) groups excluding carboxylic acids is 3. The van der Waals surface area contributed by atoms with Gasteiger partial charge in [0.25, 0.3) is 5.91 Å². The van der Waals surface area contributed by atoms with Crippen molar-refractivity contribution in [3.63, 3.8) is 0 Å². The molecular weight excluding hydrogens is 354 g/mol. The van der Waals surface area contributed by atoms with E-state index in [1.807, 2.05) is 4.90 Å². The molecule has 0 atom stereocenters. The highest BCUT2D eigenvalue weighted by Gasteiger charge is 2.28. The molecule has 6 nitrogen and oxygen atoms in total. The van der Waals surface area contributed by atoms with E-state index in [2.05, 4.69) is 10.6 Å². The van der Waals surface area contributed by atoms with Crippen LogP contribution in [-0.2, 0) is 9.59 Å². The van der Waals surface area contributed by atoms with E-state index in [0.29, 0.717) is 43.1 Å². The monoisotopic (exact) mass is 385 g/mol. The lowest BCUT2D eigenvalue weighted by Crippen LogP contribution is -2.43. The highest BCUT2D eigenvalue weighted by molar-refractivity contribution is 5.95. The molecule has 0 spiro atoms. The average molecular weight is 386 g/mol. The van der Waals surface area contributed by atoms with Crippen LogP contribution in [0.3, 0.4) is 0 Å². The molecule has 0 aromatic heterocycles. The molecule has 152 valence electrons. The molecule has 6 heteroatoms. The van der Waals surface area contributed by atoms with Crippen LogP contribution in [0.25, 0.3) is 0 Å². The Balaban J connectivity index is 1.44. The maximum Gasteiger partial charge on any atom is 0.253 e. The minimum absolute atomic E-state index is 0.00906. The van der Waals surface area contributed by atoms with Crippen LogP contribution < -0.4 is 10.6 Å². The quantitative estimate of drug-likeness (QED) is 0.817. The Kier molecular flexibility index (Phi) is 7.06. The zero-order valence-corrected chi connectivity index (χ0v) is 16.7. The largest absolute Gasteiger partial charge is 0.356 e. The number of piperidine rings is 1. The minimum atomic E-state index is -0.136. The fourth-order valence-corrected chi connectivity index (χ4v) is 4.21. The van der Waals surface area contributed by atoms with Crippen molar-refractivity contribution in [3.05, 3.63) is 29.8 Å². The molecule has 28 heavy (non-hydrogen) atoms. The van der Waals surface area contributed by atoms with E-state index < -0.39 is 0 Å². The number of benzene rings is 1. The summed E-state index contributed by atoms with van der Waals surface area (Å²) in [6.45, 7) is 3.47. The molecule has 0 bridgehead atoms. The summed E-state index contributed by atoms with van der Waals surface area (Å²) in [4.78, 5) is 38.0. The van der Waals surface area contributed by atoms with Gasteiger partial charge in [-0.25, -0.2) is 0 Å². The van der Waals surface area contributed by atoms with E-state index in [9.17, 15) is 14.4 Å². The Labute approximate surface area is 167 Å². The summed E-state index contributed by atoms with van der Waals surface area (Å²) in [6, 6.07) is 6.94. The van der Waals surface area contributed by atoms with Crippen molar-refractivity contribution in [2.24, 2.45) is 11.8 Å². The lowest BCUT2D eigenvalue weighted by atomic mass is 9.89. The number of amides is 3. The van der Waals surface area contributed by atoms with E-state index in [4.69, 9.17) is 0 Å². The number of nitrogens with one attached hydrogen (secondary N) is 2. The maximum absolute atomic E-state index is 12.7. The topological polar surface area (TPSA) is 78.5 Å². The van der Waals surface area contributed by atoms with Crippen molar-refractivity contribution in [1.29, 1.82) is 0 Å². The van der Waals surface area contributed by atoms with Gasteiger partial charge >= 0.3 is 0 Å². The molecule has 1 aromatic rings.